The Kier molecular flexibility index (Phi) is 4.91. The quantitative estimate of drug-likeness (QED) is 0.761. The summed E-state index contributed by atoms with van der Waals surface area (Å²) in [5, 5.41) is 0. The predicted octanol–water partition coefficient (Wildman–Crippen LogP) is 3.98. The van der Waals surface area contributed by atoms with E-state index in [1.807, 2.05) is 0 Å². The zero-order chi connectivity index (χ0) is 19.2. The highest BCUT2D eigenvalue weighted by atomic mass is 32.2. The molecule has 4 saturated carbocycles. The average molecular weight is 394 g/mol. The van der Waals surface area contributed by atoms with Gasteiger partial charge in [0.1, 0.15) is 0 Å². The predicted molar refractivity (Wildman–Crippen MR) is 105 cm³/mol. The van der Waals surface area contributed by atoms with Crippen LogP contribution in [0.25, 0.3) is 0 Å². The first-order chi connectivity index (χ1) is 12.9. The van der Waals surface area contributed by atoms with Crippen molar-refractivity contribution in [3.05, 3.63) is 18.2 Å². The molecule has 1 N–H and O–H groups in total. The molecule has 1 aromatic rings. The Balaban J connectivity index is 1.60. The van der Waals surface area contributed by atoms with Gasteiger partial charge >= 0.3 is 0 Å². The van der Waals surface area contributed by atoms with E-state index in [0.717, 1.165) is 24.2 Å². The van der Waals surface area contributed by atoms with Crippen LogP contribution in [-0.2, 0) is 10.0 Å². The lowest BCUT2D eigenvalue weighted by Crippen LogP contribution is -2.56. The zero-order valence-electron chi connectivity index (χ0n) is 16.5. The van der Waals surface area contributed by atoms with Crippen LogP contribution in [-0.4, -0.2) is 28.7 Å². The Morgan fingerprint density at radius 3 is 2.07 bits per heavy atom. The second-order valence-electron chi connectivity index (χ2n) is 8.88. The molecule has 0 aliphatic heterocycles. The normalized spacial score (nSPS) is 33.1. The van der Waals surface area contributed by atoms with Gasteiger partial charge in [-0.1, -0.05) is 6.92 Å². The van der Waals surface area contributed by atoms with Gasteiger partial charge in [0.15, 0.2) is 11.5 Å². The van der Waals surface area contributed by atoms with E-state index in [2.05, 4.69) is 11.6 Å². The second-order valence-corrected chi connectivity index (χ2v) is 10.6. The van der Waals surface area contributed by atoms with Crippen LogP contribution in [0.1, 0.15) is 51.9 Å². The molecular weight excluding hydrogens is 362 g/mol. The number of ether oxygens (including phenoxy) is 2. The summed E-state index contributed by atoms with van der Waals surface area (Å²) in [4.78, 5) is 0.239. The van der Waals surface area contributed by atoms with Gasteiger partial charge in [0.05, 0.1) is 19.1 Å². The molecule has 4 fully saturated rings. The first-order valence-electron chi connectivity index (χ1n) is 10.1. The van der Waals surface area contributed by atoms with E-state index in [0.29, 0.717) is 11.5 Å². The lowest BCUT2D eigenvalue weighted by Gasteiger charge is -2.59. The van der Waals surface area contributed by atoms with Gasteiger partial charge < -0.3 is 9.47 Å². The molecule has 27 heavy (non-hydrogen) atoms. The third kappa shape index (κ3) is 3.35. The Morgan fingerprint density at radius 2 is 1.59 bits per heavy atom. The van der Waals surface area contributed by atoms with Gasteiger partial charge in [0.25, 0.3) is 0 Å². The van der Waals surface area contributed by atoms with Crippen LogP contribution in [0.15, 0.2) is 23.1 Å². The number of methoxy groups -OCH3 is 2. The number of benzene rings is 1. The van der Waals surface area contributed by atoms with E-state index >= 15 is 0 Å². The Labute approximate surface area is 162 Å². The van der Waals surface area contributed by atoms with E-state index in [1.165, 1.54) is 45.6 Å². The molecule has 0 amide bonds. The van der Waals surface area contributed by atoms with Crippen LogP contribution < -0.4 is 14.2 Å². The molecule has 1 atom stereocenters. The summed E-state index contributed by atoms with van der Waals surface area (Å²) in [5.74, 6) is 3.37. The molecule has 5 rings (SSSR count). The average Bonchev–Trinajstić information content (AvgIpc) is 2.64. The highest BCUT2D eigenvalue weighted by Gasteiger charge is 2.54. The summed E-state index contributed by atoms with van der Waals surface area (Å²) >= 11 is 0. The summed E-state index contributed by atoms with van der Waals surface area (Å²) in [6.45, 7) is 2.11. The SMILES string of the molecule is CC[C@@H](NS(=O)(=O)c1ccc(OC)c(OC)c1)C12CC3CC(CC(C3)C1)C2. The number of hydrogen-bond acceptors (Lipinski definition) is 4. The minimum atomic E-state index is -3.61. The standard InChI is InChI=1S/C21H31NO4S/c1-4-20(21-11-14-7-15(12-21)9-16(8-14)13-21)22-27(23,24)17-5-6-18(25-2)19(10-17)26-3/h5-6,10,14-16,20,22H,4,7-9,11-13H2,1-3H3/t14?,15?,16?,20-,21?/m1/s1. The largest absolute Gasteiger partial charge is 0.493 e. The highest BCUT2D eigenvalue weighted by molar-refractivity contribution is 7.89. The molecule has 0 spiro atoms. The summed E-state index contributed by atoms with van der Waals surface area (Å²) in [6.07, 6.45) is 8.47. The Hall–Kier alpha value is -1.27. The molecule has 4 bridgehead atoms. The van der Waals surface area contributed by atoms with Gasteiger partial charge in [-0.3, -0.25) is 0 Å². The molecule has 0 aromatic heterocycles. The van der Waals surface area contributed by atoms with Crippen LogP contribution in [0.2, 0.25) is 0 Å². The van der Waals surface area contributed by atoms with Gasteiger partial charge in [0.2, 0.25) is 10.0 Å². The fourth-order valence-corrected chi connectivity index (χ4v) is 7.92. The summed E-state index contributed by atoms with van der Waals surface area (Å²) < 4.78 is 39.9. The third-order valence-corrected chi connectivity index (χ3v) is 8.67. The van der Waals surface area contributed by atoms with E-state index in [9.17, 15) is 8.42 Å². The van der Waals surface area contributed by atoms with Crippen LogP contribution in [0.3, 0.4) is 0 Å². The van der Waals surface area contributed by atoms with Crippen molar-refractivity contribution in [2.24, 2.45) is 23.2 Å². The van der Waals surface area contributed by atoms with E-state index in [-0.39, 0.29) is 16.4 Å². The summed E-state index contributed by atoms with van der Waals surface area (Å²) in [5.41, 5.74) is 0.146. The highest BCUT2D eigenvalue weighted by Crippen LogP contribution is 2.61. The molecule has 0 saturated heterocycles. The smallest absolute Gasteiger partial charge is 0.240 e. The topological polar surface area (TPSA) is 64.6 Å². The monoisotopic (exact) mass is 393 g/mol. The van der Waals surface area contributed by atoms with Gasteiger partial charge in [-0.2, -0.15) is 0 Å². The Morgan fingerprint density at radius 1 is 1.04 bits per heavy atom. The first kappa shape index (κ1) is 19.1. The van der Waals surface area contributed by atoms with Crippen LogP contribution >= 0.6 is 0 Å². The van der Waals surface area contributed by atoms with E-state index in [4.69, 9.17) is 9.47 Å². The molecule has 1 aromatic carbocycles. The van der Waals surface area contributed by atoms with Gasteiger partial charge in [-0.15, -0.1) is 0 Å². The van der Waals surface area contributed by atoms with Crippen molar-refractivity contribution in [3.63, 3.8) is 0 Å². The third-order valence-electron chi connectivity index (χ3n) is 7.20. The number of rotatable bonds is 7. The maximum Gasteiger partial charge on any atom is 0.240 e. The van der Waals surface area contributed by atoms with E-state index < -0.39 is 10.0 Å². The number of sulfonamides is 1. The summed E-state index contributed by atoms with van der Waals surface area (Å²) in [7, 11) is -0.542. The molecule has 0 heterocycles. The molecule has 6 heteroatoms. The second kappa shape index (κ2) is 6.96. The molecular formula is C21H31NO4S. The molecule has 0 unspecified atom stereocenters. The van der Waals surface area contributed by atoms with E-state index in [1.54, 1.807) is 25.3 Å². The van der Waals surface area contributed by atoms with Crippen molar-refractivity contribution in [1.29, 1.82) is 0 Å². The maximum atomic E-state index is 13.2. The first-order valence-corrected chi connectivity index (χ1v) is 11.6. The minimum Gasteiger partial charge on any atom is -0.493 e. The Bertz CT molecular complexity index is 769. The lowest BCUT2D eigenvalue weighted by molar-refractivity contribution is -0.0704. The lowest BCUT2D eigenvalue weighted by atomic mass is 9.47. The number of nitrogens with one attached hydrogen (secondary N) is 1. The molecule has 150 valence electrons. The maximum absolute atomic E-state index is 13.2. The van der Waals surface area contributed by atoms with Crippen LogP contribution in [0, 0.1) is 23.2 Å². The fourth-order valence-electron chi connectivity index (χ4n) is 6.48. The zero-order valence-corrected chi connectivity index (χ0v) is 17.3. The van der Waals surface area contributed by atoms with Crippen LogP contribution in [0.4, 0.5) is 0 Å². The number of hydrogen-bond donors (Lipinski definition) is 1. The fraction of sp³-hybridized carbons (Fsp3) is 0.714. The van der Waals surface area contributed by atoms with Gasteiger partial charge in [0, 0.05) is 12.1 Å². The molecule has 4 aliphatic rings. The van der Waals surface area contributed by atoms with Crippen molar-refractivity contribution in [1.82, 2.24) is 4.72 Å². The van der Waals surface area contributed by atoms with Gasteiger partial charge in [-0.25, -0.2) is 13.1 Å². The molecule has 0 radical (unpaired) electrons. The minimum absolute atomic E-state index is 0.00370. The van der Waals surface area contributed by atoms with Crippen molar-refractivity contribution in [2.75, 3.05) is 14.2 Å². The van der Waals surface area contributed by atoms with Crippen molar-refractivity contribution >= 4 is 10.0 Å². The van der Waals surface area contributed by atoms with Gasteiger partial charge in [-0.05, 0) is 80.2 Å². The van der Waals surface area contributed by atoms with Crippen molar-refractivity contribution in [2.45, 2.75) is 62.8 Å². The van der Waals surface area contributed by atoms with Crippen molar-refractivity contribution in [3.8, 4) is 11.5 Å². The van der Waals surface area contributed by atoms with Crippen molar-refractivity contribution < 1.29 is 17.9 Å². The van der Waals surface area contributed by atoms with Crippen LogP contribution in [0.5, 0.6) is 11.5 Å². The molecule has 5 nitrogen and oxygen atoms in total. The summed E-state index contributed by atoms with van der Waals surface area (Å²) in [6, 6.07) is 4.80. The molecule has 4 aliphatic carbocycles.